The molecule has 0 aromatic heterocycles. The summed E-state index contributed by atoms with van der Waals surface area (Å²) in [4.78, 5) is 0. The zero-order valence-electron chi connectivity index (χ0n) is 20.5. The Morgan fingerprint density at radius 2 is 1.56 bits per heavy atom. The van der Waals surface area contributed by atoms with E-state index in [-0.39, 0.29) is 6.10 Å². The van der Waals surface area contributed by atoms with Crippen LogP contribution in [0.3, 0.4) is 0 Å². The molecule has 0 N–H and O–H groups in total. The van der Waals surface area contributed by atoms with E-state index < -0.39 is 0 Å². The van der Waals surface area contributed by atoms with Gasteiger partial charge in [-0.25, -0.2) is 0 Å². The monoisotopic (exact) mass is 467 g/mol. The summed E-state index contributed by atoms with van der Waals surface area (Å²) in [6.45, 7) is 6.30. The van der Waals surface area contributed by atoms with Crippen molar-refractivity contribution in [2.75, 3.05) is 0 Å². The van der Waals surface area contributed by atoms with Gasteiger partial charge in [0.1, 0.15) is 6.10 Å². The normalized spacial score (nSPS) is 12.3. The van der Waals surface area contributed by atoms with Gasteiger partial charge in [0.15, 0.2) is 0 Å². The zero-order chi connectivity index (χ0) is 25.2. The van der Waals surface area contributed by atoms with E-state index in [0.717, 1.165) is 39.0 Å². The third-order valence-electron chi connectivity index (χ3n) is 6.07. The molecule has 36 heavy (non-hydrogen) atoms. The Kier molecular flexibility index (Phi) is 8.44. The first kappa shape index (κ1) is 24.7. The number of ether oxygens (including phenoxy) is 1. The highest BCUT2D eigenvalue weighted by Gasteiger charge is 2.18. The topological polar surface area (TPSA) is 33.0 Å². The maximum Gasteiger partial charge on any atom is 0.108 e. The fourth-order valence-electron chi connectivity index (χ4n) is 4.21. The first-order chi connectivity index (χ1) is 17.7. The molecule has 4 aromatic rings. The fraction of sp³-hybridized carbons (Fsp3) is 0.0882. The van der Waals surface area contributed by atoms with Crippen LogP contribution in [0.25, 0.3) is 22.3 Å². The molecule has 4 rings (SSSR count). The van der Waals surface area contributed by atoms with E-state index in [1.165, 1.54) is 0 Å². The molecule has 2 nitrogen and oxygen atoms in total. The number of nitrogens with zero attached hydrogens (tertiary/aromatic N) is 1. The van der Waals surface area contributed by atoms with Crippen LogP contribution in [0.2, 0.25) is 0 Å². The summed E-state index contributed by atoms with van der Waals surface area (Å²) in [5.41, 5.74) is 7.91. The van der Waals surface area contributed by atoms with E-state index in [1.807, 2.05) is 73.7 Å². The van der Waals surface area contributed by atoms with Gasteiger partial charge in [0, 0.05) is 0 Å². The van der Waals surface area contributed by atoms with Gasteiger partial charge in [-0.15, -0.1) is 0 Å². The van der Waals surface area contributed by atoms with Gasteiger partial charge in [-0.05, 0) is 64.1 Å². The molecule has 0 heterocycles. The highest BCUT2D eigenvalue weighted by atomic mass is 16.5. The molecule has 1 atom stereocenters. The van der Waals surface area contributed by atoms with Crippen LogP contribution in [0, 0.1) is 11.3 Å². The molecule has 2 heteroatoms. The number of allylic oxidation sites excluding steroid dienone is 3. The molecule has 0 bridgehead atoms. The van der Waals surface area contributed by atoms with E-state index >= 15 is 0 Å². The smallest absolute Gasteiger partial charge is 0.108 e. The van der Waals surface area contributed by atoms with Crippen molar-refractivity contribution < 1.29 is 4.74 Å². The molecule has 0 radical (unpaired) electrons. The Morgan fingerprint density at radius 1 is 0.861 bits per heavy atom. The summed E-state index contributed by atoms with van der Waals surface area (Å²) >= 11 is 0. The third kappa shape index (κ3) is 5.96. The van der Waals surface area contributed by atoms with Crippen LogP contribution >= 0.6 is 0 Å². The summed E-state index contributed by atoms with van der Waals surface area (Å²) in [6, 6.07) is 37.1. The van der Waals surface area contributed by atoms with Crippen molar-refractivity contribution in [3.8, 4) is 28.3 Å². The second kappa shape index (κ2) is 12.3. The lowest BCUT2D eigenvalue weighted by Gasteiger charge is -2.21. The van der Waals surface area contributed by atoms with Crippen LogP contribution < -0.4 is 0 Å². The molecule has 0 aliphatic rings. The lowest BCUT2D eigenvalue weighted by atomic mass is 9.92. The Morgan fingerprint density at radius 3 is 2.25 bits per heavy atom. The number of nitriles is 1. The van der Waals surface area contributed by atoms with Gasteiger partial charge >= 0.3 is 0 Å². The second-order valence-electron chi connectivity index (χ2n) is 8.42. The molecule has 0 amide bonds. The molecule has 0 fully saturated rings. The number of hydrogen-bond donors (Lipinski definition) is 0. The van der Waals surface area contributed by atoms with Crippen LogP contribution in [0.15, 0.2) is 140 Å². The molecule has 1 unspecified atom stereocenters. The molecule has 176 valence electrons. The minimum atomic E-state index is -0.296. The van der Waals surface area contributed by atoms with E-state index in [2.05, 4.69) is 67.3 Å². The second-order valence-corrected chi connectivity index (χ2v) is 8.42. The van der Waals surface area contributed by atoms with Crippen LogP contribution in [0.4, 0.5) is 0 Å². The molecule has 0 aliphatic heterocycles. The zero-order valence-corrected chi connectivity index (χ0v) is 20.5. The van der Waals surface area contributed by atoms with Crippen molar-refractivity contribution >= 4 is 0 Å². The first-order valence-electron chi connectivity index (χ1n) is 12.0. The van der Waals surface area contributed by atoms with Crippen molar-refractivity contribution in [3.63, 3.8) is 0 Å². The lowest BCUT2D eigenvalue weighted by molar-refractivity contribution is 0.0662. The van der Waals surface area contributed by atoms with E-state index in [9.17, 15) is 5.26 Å². The predicted molar refractivity (Wildman–Crippen MR) is 149 cm³/mol. The minimum Gasteiger partial charge on any atom is -0.364 e. The third-order valence-corrected chi connectivity index (χ3v) is 6.07. The average molecular weight is 468 g/mol. The van der Waals surface area contributed by atoms with Gasteiger partial charge in [-0.2, -0.15) is 5.26 Å². The molecule has 0 saturated carbocycles. The van der Waals surface area contributed by atoms with Crippen LogP contribution in [-0.2, 0) is 11.3 Å². The van der Waals surface area contributed by atoms with Crippen molar-refractivity contribution in [1.82, 2.24) is 0 Å². The van der Waals surface area contributed by atoms with Crippen LogP contribution in [-0.4, -0.2) is 0 Å². The Balaban J connectivity index is 1.76. The van der Waals surface area contributed by atoms with Crippen molar-refractivity contribution in [2.24, 2.45) is 0 Å². The summed E-state index contributed by atoms with van der Waals surface area (Å²) in [5, 5.41) is 9.90. The average Bonchev–Trinajstić information content (AvgIpc) is 2.95. The predicted octanol–water partition coefficient (Wildman–Crippen LogP) is 8.84. The van der Waals surface area contributed by atoms with Crippen LogP contribution in [0.5, 0.6) is 0 Å². The molecular weight excluding hydrogens is 438 g/mol. The summed E-state index contributed by atoms with van der Waals surface area (Å²) in [7, 11) is 0. The Bertz CT molecular complexity index is 1410. The summed E-state index contributed by atoms with van der Waals surface area (Å²) in [6.07, 6.45) is 7.47. The van der Waals surface area contributed by atoms with Gasteiger partial charge in [0.2, 0.25) is 0 Å². The molecular formula is C34H29NO. The molecule has 0 aliphatic carbocycles. The number of hydrogen-bond acceptors (Lipinski definition) is 2. The SMILES string of the molecule is C=C/C=C\C(=C/C)C(OCc1ccccc1)c1ccc(C#N)c(-c2cccc(-c3ccccc3)c2)c1. The van der Waals surface area contributed by atoms with Crippen molar-refractivity contribution in [1.29, 1.82) is 5.26 Å². The Hall–Kier alpha value is -4.45. The maximum atomic E-state index is 9.90. The van der Waals surface area contributed by atoms with Gasteiger partial charge < -0.3 is 4.74 Å². The minimum absolute atomic E-state index is 0.296. The van der Waals surface area contributed by atoms with Crippen molar-refractivity contribution in [2.45, 2.75) is 19.6 Å². The summed E-state index contributed by atoms with van der Waals surface area (Å²) in [5.74, 6) is 0. The van der Waals surface area contributed by atoms with Gasteiger partial charge in [0.25, 0.3) is 0 Å². The highest BCUT2D eigenvalue weighted by Crippen LogP contribution is 2.34. The van der Waals surface area contributed by atoms with Crippen LogP contribution in [0.1, 0.15) is 29.7 Å². The van der Waals surface area contributed by atoms with Gasteiger partial charge in [-0.1, -0.05) is 116 Å². The summed E-state index contributed by atoms with van der Waals surface area (Å²) < 4.78 is 6.49. The quantitative estimate of drug-likeness (QED) is 0.230. The lowest BCUT2D eigenvalue weighted by Crippen LogP contribution is -2.08. The maximum absolute atomic E-state index is 9.90. The largest absolute Gasteiger partial charge is 0.364 e. The van der Waals surface area contributed by atoms with E-state index in [0.29, 0.717) is 12.2 Å². The van der Waals surface area contributed by atoms with E-state index in [4.69, 9.17) is 4.74 Å². The van der Waals surface area contributed by atoms with Gasteiger partial charge in [-0.3, -0.25) is 0 Å². The highest BCUT2D eigenvalue weighted by molar-refractivity contribution is 5.77. The number of rotatable bonds is 9. The standard InChI is InChI=1S/C34H29NO/c1-3-5-15-27(4-2)34(36-25-26-13-8-6-9-14-26)31-20-21-32(24-35)33(23-31)30-19-12-18-29(22-30)28-16-10-7-11-17-28/h3-23,34H,1,25H2,2H3/b15-5-,27-4+. The fourth-order valence-corrected chi connectivity index (χ4v) is 4.21. The first-order valence-corrected chi connectivity index (χ1v) is 12.0. The number of benzene rings is 4. The van der Waals surface area contributed by atoms with E-state index in [1.54, 1.807) is 6.08 Å². The molecule has 0 spiro atoms. The Labute approximate surface area is 214 Å². The molecule has 0 saturated heterocycles. The van der Waals surface area contributed by atoms with Crippen molar-refractivity contribution in [3.05, 3.63) is 156 Å². The molecule has 4 aromatic carbocycles. The van der Waals surface area contributed by atoms with Gasteiger partial charge in [0.05, 0.1) is 18.2 Å².